The average Bonchev–Trinajstić information content (AvgIpc) is 2.14. The van der Waals surface area contributed by atoms with Gasteiger partial charge in [0.2, 0.25) is 0 Å². The van der Waals surface area contributed by atoms with Crippen molar-refractivity contribution in [3.63, 3.8) is 0 Å². The highest BCUT2D eigenvalue weighted by molar-refractivity contribution is 5.33. The number of rotatable bonds is 2. The zero-order valence-electron chi connectivity index (χ0n) is 8.70. The van der Waals surface area contributed by atoms with Crippen LogP contribution in [0.15, 0.2) is 12.1 Å². The first-order chi connectivity index (χ1) is 7.48. The van der Waals surface area contributed by atoms with Gasteiger partial charge in [-0.25, -0.2) is 13.8 Å². The molecule has 84 valence electrons. The molecule has 0 radical (unpaired) electrons. The van der Waals surface area contributed by atoms with Crippen LogP contribution < -0.4 is 4.74 Å². The van der Waals surface area contributed by atoms with Gasteiger partial charge in [-0.2, -0.15) is 5.26 Å². The van der Waals surface area contributed by atoms with E-state index in [0.29, 0.717) is 11.4 Å². The van der Waals surface area contributed by atoms with Crippen molar-refractivity contribution in [2.45, 2.75) is 31.8 Å². The molecule has 0 aliphatic heterocycles. The number of halogens is 2. The highest BCUT2D eigenvalue weighted by atomic mass is 19.3. The molecular weight excluding hydrogens is 214 g/mol. The van der Waals surface area contributed by atoms with Crippen molar-refractivity contribution in [2.24, 2.45) is 0 Å². The number of hydrogen-bond donors (Lipinski definition) is 0. The van der Waals surface area contributed by atoms with Gasteiger partial charge < -0.3 is 4.74 Å². The van der Waals surface area contributed by atoms with E-state index in [1.54, 1.807) is 13.0 Å². The van der Waals surface area contributed by atoms with Crippen molar-refractivity contribution in [3.8, 4) is 11.8 Å². The lowest BCUT2D eigenvalue weighted by Crippen LogP contribution is -2.43. The minimum Gasteiger partial charge on any atom is -0.490 e. The van der Waals surface area contributed by atoms with Crippen molar-refractivity contribution in [1.82, 2.24) is 4.98 Å². The molecule has 1 aliphatic rings. The molecule has 0 saturated heterocycles. The molecule has 1 fully saturated rings. The van der Waals surface area contributed by atoms with Crippen LogP contribution in [-0.4, -0.2) is 17.0 Å². The second kappa shape index (κ2) is 3.71. The molecule has 0 spiro atoms. The van der Waals surface area contributed by atoms with E-state index < -0.39 is 12.0 Å². The lowest BCUT2D eigenvalue weighted by Gasteiger charge is -2.34. The third-order valence-electron chi connectivity index (χ3n) is 2.40. The minimum absolute atomic E-state index is 0.237. The summed E-state index contributed by atoms with van der Waals surface area (Å²) in [5.41, 5.74) is 0.876. The molecule has 5 heteroatoms. The zero-order chi connectivity index (χ0) is 11.8. The van der Waals surface area contributed by atoms with Crippen LogP contribution in [0.4, 0.5) is 8.78 Å². The first kappa shape index (κ1) is 10.8. The van der Waals surface area contributed by atoms with Crippen LogP contribution in [0, 0.1) is 18.3 Å². The summed E-state index contributed by atoms with van der Waals surface area (Å²) in [4.78, 5) is 3.94. The van der Waals surface area contributed by atoms with E-state index in [4.69, 9.17) is 10.00 Å². The smallest absolute Gasteiger partial charge is 0.255 e. The van der Waals surface area contributed by atoms with Gasteiger partial charge in [-0.1, -0.05) is 0 Å². The summed E-state index contributed by atoms with van der Waals surface area (Å²) in [7, 11) is 0. The van der Waals surface area contributed by atoms with Crippen molar-refractivity contribution < 1.29 is 13.5 Å². The first-order valence-electron chi connectivity index (χ1n) is 4.92. The highest BCUT2D eigenvalue weighted by Crippen LogP contribution is 2.39. The summed E-state index contributed by atoms with van der Waals surface area (Å²) >= 11 is 0. The summed E-state index contributed by atoms with van der Waals surface area (Å²) < 4.78 is 30.5. The molecule has 16 heavy (non-hydrogen) atoms. The zero-order valence-corrected chi connectivity index (χ0v) is 8.70. The molecule has 1 aliphatic carbocycles. The van der Waals surface area contributed by atoms with Crippen LogP contribution in [0.2, 0.25) is 0 Å². The number of hydrogen-bond acceptors (Lipinski definition) is 3. The van der Waals surface area contributed by atoms with Crippen LogP contribution in [-0.2, 0) is 0 Å². The number of nitriles is 1. The van der Waals surface area contributed by atoms with E-state index in [2.05, 4.69) is 4.98 Å². The standard InChI is InChI=1S/C11H10F2N2O/c1-7-2-9(3-8(6-14)15-7)16-10-4-11(12,13)5-10/h2-3,10H,4-5H2,1H3. The fraction of sp³-hybridized carbons (Fsp3) is 0.455. The molecule has 0 amide bonds. The van der Waals surface area contributed by atoms with Gasteiger partial charge in [0.25, 0.3) is 5.92 Å². The van der Waals surface area contributed by atoms with E-state index in [0.717, 1.165) is 0 Å². The number of nitrogens with zero attached hydrogens (tertiary/aromatic N) is 2. The molecule has 0 bridgehead atoms. The monoisotopic (exact) mass is 224 g/mol. The number of ether oxygens (including phenoxy) is 1. The Morgan fingerprint density at radius 2 is 2.19 bits per heavy atom. The van der Waals surface area contributed by atoms with Crippen LogP contribution in [0.3, 0.4) is 0 Å². The Kier molecular flexibility index (Phi) is 2.50. The van der Waals surface area contributed by atoms with E-state index in [1.165, 1.54) is 6.07 Å². The average molecular weight is 224 g/mol. The van der Waals surface area contributed by atoms with Crippen LogP contribution >= 0.6 is 0 Å². The SMILES string of the molecule is Cc1cc(OC2CC(F)(F)C2)cc(C#N)n1. The Morgan fingerprint density at radius 1 is 1.50 bits per heavy atom. The van der Waals surface area contributed by atoms with Gasteiger partial charge in [0, 0.05) is 30.7 Å². The Labute approximate surface area is 91.7 Å². The molecule has 0 atom stereocenters. The Bertz CT molecular complexity index is 446. The highest BCUT2D eigenvalue weighted by Gasteiger charge is 2.47. The molecule has 1 heterocycles. The molecular formula is C11H10F2N2O. The number of pyridine rings is 1. The number of aromatic nitrogens is 1. The normalized spacial score (nSPS) is 18.6. The number of alkyl halides is 2. The summed E-state index contributed by atoms with van der Waals surface area (Å²) in [5.74, 6) is -2.16. The second-order valence-electron chi connectivity index (χ2n) is 3.95. The Balaban J connectivity index is 2.06. The maximum Gasteiger partial charge on any atom is 0.255 e. The molecule has 0 unspecified atom stereocenters. The maximum absolute atomic E-state index is 12.6. The molecule has 1 aromatic heterocycles. The summed E-state index contributed by atoms with van der Waals surface area (Å²) in [6, 6.07) is 4.99. The fourth-order valence-electron chi connectivity index (χ4n) is 1.64. The van der Waals surface area contributed by atoms with Crippen molar-refractivity contribution in [2.75, 3.05) is 0 Å². The van der Waals surface area contributed by atoms with Crippen LogP contribution in [0.5, 0.6) is 5.75 Å². The Hall–Kier alpha value is -1.70. The molecule has 1 aromatic rings. The minimum atomic E-state index is -2.59. The van der Waals surface area contributed by atoms with Gasteiger partial charge in [-0.3, -0.25) is 0 Å². The topological polar surface area (TPSA) is 45.9 Å². The third kappa shape index (κ3) is 2.27. The van der Waals surface area contributed by atoms with Crippen molar-refractivity contribution in [3.05, 3.63) is 23.5 Å². The first-order valence-corrected chi connectivity index (χ1v) is 4.92. The molecule has 1 saturated carbocycles. The molecule has 0 N–H and O–H groups in total. The number of aryl methyl sites for hydroxylation is 1. The lowest BCUT2D eigenvalue weighted by molar-refractivity contribution is -0.134. The van der Waals surface area contributed by atoms with Gasteiger partial charge in [0.05, 0.1) is 0 Å². The maximum atomic E-state index is 12.6. The second-order valence-corrected chi connectivity index (χ2v) is 3.95. The van der Waals surface area contributed by atoms with Crippen LogP contribution in [0.1, 0.15) is 24.2 Å². The van der Waals surface area contributed by atoms with Gasteiger partial charge in [-0.05, 0) is 6.92 Å². The van der Waals surface area contributed by atoms with Crippen molar-refractivity contribution >= 4 is 0 Å². The van der Waals surface area contributed by atoms with Gasteiger partial charge in [0.1, 0.15) is 23.6 Å². The molecule has 3 nitrogen and oxygen atoms in total. The van der Waals surface area contributed by atoms with Gasteiger partial charge in [-0.15, -0.1) is 0 Å². The predicted molar refractivity (Wildman–Crippen MR) is 52.3 cm³/mol. The largest absolute Gasteiger partial charge is 0.490 e. The third-order valence-corrected chi connectivity index (χ3v) is 2.40. The summed E-state index contributed by atoms with van der Waals surface area (Å²) in [6.07, 6.45) is -0.963. The summed E-state index contributed by atoms with van der Waals surface area (Å²) in [6.45, 7) is 1.73. The predicted octanol–water partition coefficient (Wildman–Crippen LogP) is 2.44. The van der Waals surface area contributed by atoms with E-state index in [-0.39, 0.29) is 18.5 Å². The quantitative estimate of drug-likeness (QED) is 0.775. The van der Waals surface area contributed by atoms with E-state index in [9.17, 15) is 8.78 Å². The van der Waals surface area contributed by atoms with Gasteiger partial charge in [0.15, 0.2) is 0 Å². The lowest BCUT2D eigenvalue weighted by atomic mass is 9.91. The van der Waals surface area contributed by atoms with E-state index >= 15 is 0 Å². The fourth-order valence-corrected chi connectivity index (χ4v) is 1.64. The molecule has 2 rings (SSSR count). The van der Waals surface area contributed by atoms with Crippen molar-refractivity contribution in [1.29, 1.82) is 5.26 Å². The summed E-state index contributed by atoms with van der Waals surface area (Å²) in [5, 5.41) is 8.69. The van der Waals surface area contributed by atoms with Gasteiger partial charge >= 0.3 is 0 Å². The molecule has 0 aromatic carbocycles. The van der Waals surface area contributed by atoms with Crippen LogP contribution in [0.25, 0.3) is 0 Å². The van der Waals surface area contributed by atoms with E-state index in [1.807, 2.05) is 6.07 Å². The Morgan fingerprint density at radius 3 is 2.75 bits per heavy atom.